The van der Waals surface area contributed by atoms with Crippen molar-refractivity contribution < 1.29 is 9.53 Å². The highest BCUT2D eigenvalue weighted by Crippen LogP contribution is 2.68. The number of hydrogen-bond acceptors (Lipinski definition) is 3. The Balaban J connectivity index is 2.09. The fourth-order valence-corrected chi connectivity index (χ4v) is 2.56. The molecule has 68 valence electrons. The first-order valence-electron chi connectivity index (χ1n) is 3.72. The fraction of sp³-hybridized carbons (Fsp3) is 0.857. The standard InChI is InChI=1S/C7H9Cl2NO2/c1-12-5(11)4-6(3-10-4)2-7(6,8)9/h4,10H,2-3H2,1H3. The molecule has 5 heteroatoms. The van der Waals surface area contributed by atoms with Gasteiger partial charge in [0.05, 0.1) is 7.11 Å². The molecule has 0 radical (unpaired) electrons. The Bertz CT molecular complexity index is 244. The van der Waals surface area contributed by atoms with Crippen molar-refractivity contribution >= 4 is 29.2 Å². The van der Waals surface area contributed by atoms with Crippen LogP contribution >= 0.6 is 23.2 Å². The molecule has 1 aliphatic heterocycles. The number of halogens is 2. The number of carbonyl (C=O) groups excluding carboxylic acids is 1. The molecule has 1 saturated carbocycles. The average Bonchev–Trinajstić information content (AvgIpc) is 2.54. The topological polar surface area (TPSA) is 38.3 Å². The third-order valence-corrected chi connectivity index (χ3v) is 3.77. The van der Waals surface area contributed by atoms with Gasteiger partial charge in [-0.1, -0.05) is 0 Å². The largest absolute Gasteiger partial charge is 0.468 e. The van der Waals surface area contributed by atoms with Gasteiger partial charge in [0.25, 0.3) is 0 Å². The maximum atomic E-state index is 11.1. The molecule has 1 aliphatic carbocycles. The number of alkyl halides is 2. The molecule has 0 bridgehead atoms. The Morgan fingerprint density at radius 1 is 1.67 bits per heavy atom. The molecule has 0 aromatic heterocycles. The van der Waals surface area contributed by atoms with E-state index >= 15 is 0 Å². The Hall–Kier alpha value is 0.01000. The fourth-order valence-electron chi connectivity index (χ4n) is 1.73. The predicted molar refractivity (Wildman–Crippen MR) is 45.3 cm³/mol. The summed E-state index contributed by atoms with van der Waals surface area (Å²) in [6.07, 6.45) is 0.676. The molecule has 1 saturated heterocycles. The van der Waals surface area contributed by atoms with E-state index in [0.29, 0.717) is 13.0 Å². The molecule has 2 aliphatic rings. The Labute approximate surface area is 80.3 Å². The lowest BCUT2D eigenvalue weighted by atomic mass is 9.88. The summed E-state index contributed by atoms with van der Waals surface area (Å²) in [6.45, 7) is 0.708. The monoisotopic (exact) mass is 209 g/mol. The van der Waals surface area contributed by atoms with Crippen molar-refractivity contribution in [3.8, 4) is 0 Å². The first-order chi connectivity index (χ1) is 5.53. The van der Waals surface area contributed by atoms with Crippen molar-refractivity contribution in [2.75, 3.05) is 13.7 Å². The third kappa shape index (κ3) is 0.845. The van der Waals surface area contributed by atoms with Crippen LogP contribution in [0.15, 0.2) is 0 Å². The van der Waals surface area contributed by atoms with Crippen molar-refractivity contribution in [3.05, 3.63) is 0 Å². The highest BCUT2D eigenvalue weighted by molar-refractivity contribution is 6.51. The van der Waals surface area contributed by atoms with Crippen LogP contribution in [0.25, 0.3) is 0 Å². The lowest BCUT2D eigenvalue weighted by molar-refractivity contribution is -0.148. The SMILES string of the molecule is COC(=O)C1NCC12CC2(Cl)Cl. The van der Waals surface area contributed by atoms with Gasteiger partial charge < -0.3 is 10.1 Å². The summed E-state index contributed by atoms with van der Waals surface area (Å²) in [6, 6.07) is -0.308. The normalized spacial score (nSPS) is 42.1. The second-order valence-electron chi connectivity index (χ2n) is 3.37. The lowest BCUT2D eigenvalue weighted by Gasteiger charge is -2.37. The van der Waals surface area contributed by atoms with Crippen molar-refractivity contribution in [1.29, 1.82) is 0 Å². The van der Waals surface area contributed by atoms with E-state index in [0.717, 1.165) is 0 Å². The van der Waals surface area contributed by atoms with Gasteiger partial charge in [-0.15, -0.1) is 23.2 Å². The highest BCUT2D eigenvalue weighted by atomic mass is 35.5. The van der Waals surface area contributed by atoms with Crippen molar-refractivity contribution in [2.24, 2.45) is 5.41 Å². The van der Waals surface area contributed by atoms with Crippen LogP contribution in [0, 0.1) is 5.41 Å². The molecule has 2 fully saturated rings. The molecule has 2 atom stereocenters. The minimum Gasteiger partial charge on any atom is -0.468 e. The number of hydrogen-bond donors (Lipinski definition) is 1. The van der Waals surface area contributed by atoms with Gasteiger partial charge in [0.1, 0.15) is 10.4 Å². The zero-order valence-electron chi connectivity index (χ0n) is 6.56. The van der Waals surface area contributed by atoms with Gasteiger partial charge in [-0.2, -0.15) is 0 Å². The average molecular weight is 210 g/mol. The van der Waals surface area contributed by atoms with E-state index in [1.54, 1.807) is 0 Å². The van der Waals surface area contributed by atoms with Gasteiger partial charge in [0, 0.05) is 12.0 Å². The molecular formula is C7H9Cl2NO2. The Morgan fingerprint density at radius 2 is 2.25 bits per heavy atom. The van der Waals surface area contributed by atoms with Gasteiger partial charge in [0.15, 0.2) is 0 Å². The summed E-state index contributed by atoms with van der Waals surface area (Å²) in [7, 11) is 1.36. The zero-order chi connectivity index (χ0) is 8.98. The summed E-state index contributed by atoms with van der Waals surface area (Å²) in [5.41, 5.74) is -0.247. The van der Waals surface area contributed by atoms with Crippen LogP contribution in [0.1, 0.15) is 6.42 Å². The van der Waals surface area contributed by atoms with Crippen molar-refractivity contribution in [1.82, 2.24) is 5.32 Å². The quantitative estimate of drug-likeness (QED) is 0.511. The van der Waals surface area contributed by atoms with E-state index in [-0.39, 0.29) is 17.4 Å². The number of esters is 1. The van der Waals surface area contributed by atoms with E-state index in [1.807, 2.05) is 0 Å². The summed E-state index contributed by atoms with van der Waals surface area (Å²) in [5, 5.41) is 2.96. The summed E-state index contributed by atoms with van der Waals surface area (Å²) < 4.78 is 3.88. The molecule has 2 rings (SSSR count). The molecule has 1 heterocycles. The number of rotatable bonds is 1. The molecule has 0 aromatic carbocycles. The van der Waals surface area contributed by atoms with E-state index in [4.69, 9.17) is 23.2 Å². The van der Waals surface area contributed by atoms with E-state index < -0.39 is 4.33 Å². The zero-order valence-corrected chi connectivity index (χ0v) is 8.08. The molecule has 1 N–H and O–H groups in total. The van der Waals surface area contributed by atoms with Gasteiger partial charge in [-0.3, -0.25) is 4.79 Å². The maximum absolute atomic E-state index is 11.1. The van der Waals surface area contributed by atoms with E-state index in [2.05, 4.69) is 10.1 Å². The number of nitrogens with one attached hydrogen (secondary N) is 1. The van der Waals surface area contributed by atoms with Gasteiger partial charge in [-0.05, 0) is 6.42 Å². The molecule has 0 aromatic rings. The minimum atomic E-state index is -0.725. The van der Waals surface area contributed by atoms with Crippen molar-refractivity contribution in [2.45, 2.75) is 16.8 Å². The summed E-state index contributed by atoms with van der Waals surface area (Å²) >= 11 is 11.8. The first-order valence-corrected chi connectivity index (χ1v) is 4.48. The Kier molecular flexibility index (Phi) is 1.63. The van der Waals surface area contributed by atoms with Crippen LogP contribution in [-0.2, 0) is 9.53 Å². The third-order valence-electron chi connectivity index (χ3n) is 2.75. The van der Waals surface area contributed by atoms with Crippen LogP contribution in [0.5, 0.6) is 0 Å². The van der Waals surface area contributed by atoms with Crippen LogP contribution < -0.4 is 5.32 Å². The van der Waals surface area contributed by atoms with Crippen LogP contribution in [0.3, 0.4) is 0 Å². The summed E-state index contributed by atoms with van der Waals surface area (Å²) in [4.78, 5) is 11.1. The first kappa shape index (κ1) is 8.60. The van der Waals surface area contributed by atoms with Crippen LogP contribution in [0.2, 0.25) is 0 Å². The minimum absolute atomic E-state index is 0.247. The van der Waals surface area contributed by atoms with E-state index in [1.165, 1.54) is 7.11 Å². The molecule has 2 unspecified atom stereocenters. The molecule has 1 spiro atoms. The smallest absolute Gasteiger partial charge is 0.323 e. The molecule has 3 nitrogen and oxygen atoms in total. The van der Waals surface area contributed by atoms with Crippen molar-refractivity contribution in [3.63, 3.8) is 0 Å². The maximum Gasteiger partial charge on any atom is 0.323 e. The van der Waals surface area contributed by atoms with Crippen LogP contribution in [0.4, 0.5) is 0 Å². The predicted octanol–water partition coefficient (Wildman–Crippen LogP) is 0.695. The molecule has 0 amide bonds. The second kappa shape index (κ2) is 2.28. The van der Waals surface area contributed by atoms with E-state index in [9.17, 15) is 4.79 Å². The van der Waals surface area contributed by atoms with Gasteiger partial charge in [-0.25, -0.2) is 0 Å². The number of carbonyl (C=O) groups is 1. The number of ether oxygens (including phenoxy) is 1. The Morgan fingerprint density at radius 3 is 2.50 bits per heavy atom. The lowest BCUT2D eigenvalue weighted by Crippen LogP contribution is -2.61. The van der Waals surface area contributed by atoms with Gasteiger partial charge in [0.2, 0.25) is 0 Å². The molecule has 12 heavy (non-hydrogen) atoms. The highest BCUT2D eigenvalue weighted by Gasteiger charge is 2.76. The molecular weight excluding hydrogens is 201 g/mol. The summed E-state index contributed by atoms with van der Waals surface area (Å²) in [5.74, 6) is -0.274. The van der Waals surface area contributed by atoms with Crippen LogP contribution in [-0.4, -0.2) is 30.0 Å². The number of methoxy groups -OCH3 is 1. The second-order valence-corrected chi connectivity index (χ2v) is 4.86. The van der Waals surface area contributed by atoms with Gasteiger partial charge >= 0.3 is 5.97 Å².